The molecule has 4 nitrogen and oxygen atoms in total. The van der Waals surface area contributed by atoms with Crippen LogP contribution in [-0.4, -0.2) is 23.5 Å². The van der Waals surface area contributed by atoms with Gasteiger partial charge >= 0.3 is 6.09 Å². The fraction of sp³-hybridized carbons (Fsp3) is 0.0588. The normalized spacial score (nSPS) is 10.5. The Hall–Kier alpha value is -2.88. The highest BCUT2D eigenvalue weighted by molar-refractivity contribution is 6.04. The van der Waals surface area contributed by atoms with Crippen molar-refractivity contribution in [3.63, 3.8) is 0 Å². The number of amides is 1. The van der Waals surface area contributed by atoms with Gasteiger partial charge in [0.25, 0.3) is 0 Å². The highest BCUT2D eigenvalue weighted by atomic mass is 16.4. The van der Waals surface area contributed by atoms with Crippen LogP contribution in [0.3, 0.4) is 0 Å². The Morgan fingerprint density at radius 2 is 1.52 bits per heavy atom. The number of hydrogen-bond donors (Lipinski definition) is 1. The Labute approximate surface area is 123 Å². The van der Waals surface area contributed by atoms with Gasteiger partial charge in [0.1, 0.15) is 0 Å². The van der Waals surface area contributed by atoms with Crippen LogP contribution < -0.4 is 4.90 Å². The van der Waals surface area contributed by atoms with Crippen LogP contribution in [-0.2, 0) is 0 Å². The third kappa shape index (κ3) is 4.04. The number of allylic oxidation sites excluding steroid dienone is 1. The number of benzene rings is 2. The van der Waals surface area contributed by atoms with Crippen LogP contribution >= 0.6 is 0 Å². The number of rotatable bonds is 5. The van der Waals surface area contributed by atoms with Gasteiger partial charge in [0.2, 0.25) is 0 Å². The number of nitrogens with zero attached hydrogens (tertiary/aromatic N) is 1. The Morgan fingerprint density at radius 3 is 2.10 bits per heavy atom. The van der Waals surface area contributed by atoms with Crippen LogP contribution in [0, 0.1) is 0 Å². The maximum atomic E-state index is 11.9. The van der Waals surface area contributed by atoms with Gasteiger partial charge in [-0.25, -0.2) is 4.79 Å². The van der Waals surface area contributed by atoms with E-state index >= 15 is 0 Å². The van der Waals surface area contributed by atoms with Gasteiger partial charge in [-0.15, -0.1) is 0 Å². The highest BCUT2D eigenvalue weighted by Gasteiger charge is 2.11. The number of ketones is 1. The van der Waals surface area contributed by atoms with Gasteiger partial charge in [-0.05, 0) is 18.2 Å². The largest absolute Gasteiger partial charge is 0.465 e. The minimum atomic E-state index is -1.06. The van der Waals surface area contributed by atoms with Gasteiger partial charge in [0.05, 0.1) is 0 Å². The molecule has 0 aliphatic heterocycles. The lowest BCUT2D eigenvalue weighted by atomic mass is 10.1. The third-order valence-corrected chi connectivity index (χ3v) is 2.91. The number of anilines is 1. The van der Waals surface area contributed by atoms with Crippen molar-refractivity contribution in [3.05, 3.63) is 78.4 Å². The van der Waals surface area contributed by atoms with Gasteiger partial charge in [0.15, 0.2) is 5.78 Å². The summed E-state index contributed by atoms with van der Waals surface area (Å²) < 4.78 is 0. The van der Waals surface area contributed by atoms with Crippen LogP contribution in [0.1, 0.15) is 10.4 Å². The molecule has 0 spiro atoms. The summed E-state index contributed by atoms with van der Waals surface area (Å²) in [5.41, 5.74) is 1.15. The van der Waals surface area contributed by atoms with E-state index in [0.29, 0.717) is 11.3 Å². The fourth-order valence-corrected chi connectivity index (χ4v) is 1.87. The summed E-state index contributed by atoms with van der Waals surface area (Å²) in [5.74, 6) is -0.144. The second-order valence-electron chi connectivity index (χ2n) is 4.36. The van der Waals surface area contributed by atoms with Crippen LogP contribution in [0.2, 0.25) is 0 Å². The third-order valence-electron chi connectivity index (χ3n) is 2.91. The van der Waals surface area contributed by atoms with E-state index in [4.69, 9.17) is 0 Å². The molecule has 0 aliphatic rings. The van der Waals surface area contributed by atoms with Gasteiger partial charge < -0.3 is 5.11 Å². The molecule has 1 amide bonds. The van der Waals surface area contributed by atoms with Gasteiger partial charge in [-0.1, -0.05) is 54.6 Å². The lowest BCUT2D eigenvalue weighted by molar-refractivity contribution is 0.104. The molecule has 0 aromatic heterocycles. The van der Waals surface area contributed by atoms with E-state index < -0.39 is 6.09 Å². The summed E-state index contributed by atoms with van der Waals surface area (Å²) in [7, 11) is 0. The molecule has 0 radical (unpaired) electrons. The van der Waals surface area contributed by atoms with Gasteiger partial charge in [-0.3, -0.25) is 9.69 Å². The fourth-order valence-electron chi connectivity index (χ4n) is 1.87. The van der Waals surface area contributed by atoms with E-state index in [9.17, 15) is 14.7 Å². The van der Waals surface area contributed by atoms with Crippen LogP contribution in [0.4, 0.5) is 10.5 Å². The van der Waals surface area contributed by atoms with Crippen molar-refractivity contribution in [2.75, 3.05) is 11.4 Å². The monoisotopic (exact) mass is 281 g/mol. The molecule has 0 heterocycles. The smallest absolute Gasteiger partial charge is 0.412 e. The molecule has 2 aromatic rings. The van der Waals surface area contributed by atoms with Crippen molar-refractivity contribution >= 4 is 17.6 Å². The molecule has 2 aromatic carbocycles. The summed E-state index contributed by atoms with van der Waals surface area (Å²) in [5, 5.41) is 9.22. The molecule has 0 saturated heterocycles. The zero-order valence-corrected chi connectivity index (χ0v) is 11.3. The second kappa shape index (κ2) is 7.05. The molecule has 106 valence electrons. The van der Waals surface area contributed by atoms with Crippen LogP contribution in [0.25, 0.3) is 0 Å². The van der Waals surface area contributed by atoms with Crippen molar-refractivity contribution in [1.82, 2.24) is 0 Å². The number of hydrogen-bond acceptors (Lipinski definition) is 2. The Balaban J connectivity index is 2.04. The molecule has 1 N–H and O–H groups in total. The first kappa shape index (κ1) is 14.5. The summed E-state index contributed by atoms with van der Waals surface area (Å²) in [6.45, 7) is 0.123. The lowest BCUT2D eigenvalue weighted by Crippen LogP contribution is -2.29. The Kier molecular flexibility index (Phi) is 4.88. The molecular formula is C17H15NO3. The summed E-state index contributed by atoms with van der Waals surface area (Å²) >= 11 is 0. The van der Waals surface area contributed by atoms with Crippen molar-refractivity contribution < 1.29 is 14.7 Å². The van der Waals surface area contributed by atoms with Crippen molar-refractivity contribution in [2.24, 2.45) is 0 Å². The lowest BCUT2D eigenvalue weighted by Gasteiger charge is -2.16. The van der Waals surface area contributed by atoms with E-state index in [1.807, 2.05) is 12.1 Å². The van der Waals surface area contributed by atoms with Crippen LogP contribution in [0.5, 0.6) is 0 Å². The summed E-state index contributed by atoms with van der Waals surface area (Å²) in [6, 6.07) is 17.6. The standard InChI is InChI=1S/C17H15NO3/c19-16(14-8-3-1-4-9-14)12-7-13-18(17(20)21)15-10-5-2-6-11-15/h1-12H,13H2,(H,20,21). The molecule has 0 saturated carbocycles. The molecule has 0 unspecified atom stereocenters. The summed E-state index contributed by atoms with van der Waals surface area (Å²) in [4.78, 5) is 24.3. The van der Waals surface area contributed by atoms with E-state index in [2.05, 4.69) is 0 Å². The maximum Gasteiger partial charge on any atom is 0.412 e. The predicted octanol–water partition coefficient (Wildman–Crippen LogP) is 3.61. The van der Waals surface area contributed by atoms with Crippen molar-refractivity contribution in [2.45, 2.75) is 0 Å². The quantitative estimate of drug-likeness (QED) is 0.672. The SMILES string of the molecule is O=C(C=CCN(C(=O)O)c1ccccc1)c1ccccc1. The number of carboxylic acid groups (broad SMARTS) is 1. The average Bonchev–Trinajstić information content (AvgIpc) is 2.52. The molecule has 0 fully saturated rings. The van der Waals surface area contributed by atoms with E-state index in [-0.39, 0.29) is 12.3 Å². The zero-order valence-electron chi connectivity index (χ0n) is 11.3. The molecule has 0 aliphatic carbocycles. The minimum absolute atomic E-state index is 0.123. The topological polar surface area (TPSA) is 57.6 Å². The Morgan fingerprint density at radius 1 is 0.952 bits per heavy atom. The molecule has 0 bridgehead atoms. The van der Waals surface area contributed by atoms with Crippen LogP contribution in [0.15, 0.2) is 72.8 Å². The van der Waals surface area contributed by atoms with E-state index in [1.54, 1.807) is 54.6 Å². The number of para-hydroxylation sites is 1. The molecule has 2 rings (SSSR count). The molecule has 21 heavy (non-hydrogen) atoms. The van der Waals surface area contributed by atoms with Crippen molar-refractivity contribution in [3.8, 4) is 0 Å². The minimum Gasteiger partial charge on any atom is -0.465 e. The first-order valence-electron chi connectivity index (χ1n) is 6.50. The predicted molar refractivity (Wildman–Crippen MR) is 81.7 cm³/mol. The number of carbonyl (C=O) groups is 2. The van der Waals surface area contributed by atoms with Crippen molar-refractivity contribution in [1.29, 1.82) is 0 Å². The first-order valence-corrected chi connectivity index (χ1v) is 6.50. The molecular weight excluding hydrogens is 266 g/mol. The molecule has 4 heteroatoms. The highest BCUT2D eigenvalue weighted by Crippen LogP contribution is 2.13. The second-order valence-corrected chi connectivity index (χ2v) is 4.36. The maximum absolute atomic E-state index is 11.9. The van der Waals surface area contributed by atoms with Gasteiger partial charge in [-0.2, -0.15) is 0 Å². The number of carbonyl (C=O) groups excluding carboxylic acids is 1. The van der Waals surface area contributed by atoms with E-state index in [1.165, 1.54) is 11.0 Å². The summed E-state index contributed by atoms with van der Waals surface area (Å²) in [6.07, 6.45) is 1.89. The van der Waals surface area contributed by atoms with Gasteiger partial charge in [0, 0.05) is 17.8 Å². The zero-order chi connectivity index (χ0) is 15.1. The Bertz CT molecular complexity index is 636. The molecule has 0 atom stereocenters. The first-order chi connectivity index (χ1) is 10.2. The average molecular weight is 281 g/mol. The van der Waals surface area contributed by atoms with E-state index in [0.717, 1.165) is 0 Å².